The van der Waals surface area contributed by atoms with Gasteiger partial charge in [-0.25, -0.2) is 0 Å². The van der Waals surface area contributed by atoms with Gasteiger partial charge in [0.05, 0.1) is 0 Å². The van der Waals surface area contributed by atoms with Crippen LogP contribution in [0.1, 0.15) is 12.8 Å². The minimum absolute atomic E-state index is 0.250. The van der Waals surface area contributed by atoms with Crippen molar-refractivity contribution >= 4 is 0 Å². The molecule has 0 aromatic heterocycles. The van der Waals surface area contributed by atoms with Gasteiger partial charge in [0.15, 0.2) is 0 Å². The first-order valence-corrected chi connectivity index (χ1v) is 2.71. The molecule has 1 aliphatic heterocycles. The van der Waals surface area contributed by atoms with Crippen molar-refractivity contribution < 1.29 is 5.11 Å². The minimum Gasteiger partial charge on any atom is -0.658 e. The maximum atomic E-state index is 8.47. The number of aliphatic hydroxyl groups is 1. The van der Waals surface area contributed by atoms with Crippen LogP contribution in [0.4, 0.5) is 0 Å². The number of hydrogen-bond donors (Lipinski definition) is 1. The fourth-order valence-corrected chi connectivity index (χ4v) is 0.841. The molecule has 0 aliphatic carbocycles. The molecule has 0 radical (unpaired) electrons. The minimum atomic E-state index is 0.250. The van der Waals surface area contributed by atoms with Gasteiger partial charge in [-0.15, -0.1) is 12.6 Å². The van der Waals surface area contributed by atoms with Gasteiger partial charge in [0, 0.05) is 6.61 Å². The summed E-state index contributed by atoms with van der Waals surface area (Å²) in [6.45, 7) is 1.21. The van der Waals surface area contributed by atoms with Crippen molar-refractivity contribution in [3.05, 3.63) is 5.32 Å². The largest absolute Gasteiger partial charge is 0.658 e. The normalized spacial score (nSPS) is 31.3. The maximum absolute atomic E-state index is 8.47. The van der Waals surface area contributed by atoms with E-state index < -0.39 is 0 Å². The van der Waals surface area contributed by atoms with Crippen LogP contribution < -0.4 is 0 Å². The van der Waals surface area contributed by atoms with Crippen LogP contribution in [0.25, 0.3) is 5.32 Å². The molecule has 1 fully saturated rings. The van der Waals surface area contributed by atoms with Gasteiger partial charge < -0.3 is 10.4 Å². The summed E-state index contributed by atoms with van der Waals surface area (Å²) in [5.74, 6) is 0. The monoisotopic (exact) mass is 100 g/mol. The highest BCUT2D eigenvalue weighted by Gasteiger charge is 1.99. The molecule has 0 saturated carbocycles. The summed E-state index contributed by atoms with van der Waals surface area (Å²) in [7, 11) is 0. The second kappa shape index (κ2) is 2.28. The van der Waals surface area contributed by atoms with Gasteiger partial charge in [-0.1, -0.05) is 12.8 Å². The lowest BCUT2D eigenvalue weighted by molar-refractivity contribution is 0.279. The fraction of sp³-hybridized carbons (Fsp3) is 1.00. The summed E-state index contributed by atoms with van der Waals surface area (Å²) in [5, 5.41) is 12.6. The summed E-state index contributed by atoms with van der Waals surface area (Å²) in [6, 6.07) is 0.278. The van der Waals surface area contributed by atoms with E-state index in [1.807, 2.05) is 0 Å². The Morgan fingerprint density at radius 3 is 2.86 bits per heavy atom. The molecule has 1 rings (SSSR count). The van der Waals surface area contributed by atoms with Crippen LogP contribution >= 0.6 is 0 Å². The Bertz CT molecular complexity index is 50.0. The topological polar surface area (TPSA) is 34.3 Å². The molecule has 0 spiro atoms. The van der Waals surface area contributed by atoms with Crippen LogP contribution in [-0.2, 0) is 0 Å². The van der Waals surface area contributed by atoms with E-state index in [2.05, 4.69) is 5.32 Å². The van der Waals surface area contributed by atoms with Crippen molar-refractivity contribution in [1.82, 2.24) is 0 Å². The average molecular weight is 100 g/mol. The summed E-state index contributed by atoms with van der Waals surface area (Å²) >= 11 is 0. The fourth-order valence-electron chi connectivity index (χ4n) is 0.841. The first-order chi connectivity index (χ1) is 3.43. The highest BCUT2D eigenvalue weighted by atomic mass is 16.3. The molecule has 1 heterocycles. The molecular weight excluding hydrogens is 90.1 g/mol. The first kappa shape index (κ1) is 5.06. The van der Waals surface area contributed by atoms with Crippen LogP contribution in [0, 0.1) is 0 Å². The lowest BCUT2D eigenvalue weighted by Crippen LogP contribution is -2.04. The third-order valence-electron chi connectivity index (χ3n) is 1.29. The second-order valence-corrected chi connectivity index (χ2v) is 1.88. The van der Waals surface area contributed by atoms with Crippen LogP contribution in [0.5, 0.6) is 0 Å². The Balaban J connectivity index is 2.14. The van der Waals surface area contributed by atoms with E-state index in [1.54, 1.807) is 0 Å². The van der Waals surface area contributed by atoms with Gasteiger partial charge in [-0.3, -0.25) is 0 Å². The van der Waals surface area contributed by atoms with Gasteiger partial charge in [0.25, 0.3) is 0 Å². The Kier molecular flexibility index (Phi) is 1.65. The van der Waals surface area contributed by atoms with E-state index in [9.17, 15) is 0 Å². The van der Waals surface area contributed by atoms with Crippen LogP contribution in [-0.4, -0.2) is 24.3 Å². The molecule has 2 nitrogen and oxygen atoms in total. The molecule has 0 bridgehead atoms. The van der Waals surface area contributed by atoms with Crippen molar-refractivity contribution in [1.29, 1.82) is 0 Å². The van der Waals surface area contributed by atoms with Crippen LogP contribution in [0.3, 0.4) is 0 Å². The molecule has 42 valence electrons. The molecular formula is C5H10NO-. The zero-order chi connectivity index (χ0) is 5.11. The molecule has 0 aromatic carbocycles. The second-order valence-electron chi connectivity index (χ2n) is 1.88. The molecule has 1 saturated heterocycles. The quantitative estimate of drug-likeness (QED) is 0.512. The molecule has 0 amide bonds. The molecule has 1 atom stereocenters. The average Bonchev–Trinajstić information content (AvgIpc) is 2.14. The van der Waals surface area contributed by atoms with Crippen molar-refractivity contribution in [2.45, 2.75) is 18.9 Å². The van der Waals surface area contributed by atoms with Crippen LogP contribution in [0.2, 0.25) is 0 Å². The van der Waals surface area contributed by atoms with Gasteiger partial charge >= 0.3 is 0 Å². The third kappa shape index (κ3) is 1.14. The number of rotatable bonds is 1. The maximum Gasteiger partial charge on any atom is 0.0270 e. The highest BCUT2D eigenvalue weighted by molar-refractivity contribution is 4.97. The lowest BCUT2D eigenvalue weighted by atomic mass is 10.2. The number of hydrogen-bond acceptors (Lipinski definition) is 1. The van der Waals surface area contributed by atoms with Crippen molar-refractivity contribution in [2.75, 3.05) is 13.2 Å². The van der Waals surface area contributed by atoms with Gasteiger partial charge in [-0.05, 0) is 0 Å². The summed E-state index contributed by atoms with van der Waals surface area (Å²) < 4.78 is 0. The third-order valence-corrected chi connectivity index (χ3v) is 1.29. The zero-order valence-corrected chi connectivity index (χ0v) is 4.30. The number of nitrogens with zero attached hydrogens (tertiary/aromatic N) is 1. The van der Waals surface area contributed by atoms with Crippen molar-refractivity contribution in [3.8, 4) is 0 Å². The van der Waals surface area contributed by atoms with E-state index in [-0.39, 0.29) is 12.6 Å². The Hall–Kier alpha value is -0.0800. The van der Waals surface area contributed by atoms with Gasteiger partial charge in [0.2, 0.25) is 0 Å². The SMILES string of the molecule is OCC1CCC[N-]1. The smallest absolute Gasteiger partial charge is 0.0270 e. The summed E-state index contributed by atoms with van der Waals surface area (Å²) in [4.78, 5) is 0. The molecule has 0 aromatic rings. The number of aliphatic hydroxyl groups excluding tert-OH is 1. The lowest BCUT2D eigenvalue weighted by Gasteiger charge is -2.17. The van der Waals surface area contributed by atoms with Crippen molar-refractivity contribution in [2.24, 2.45) is 0 Å². The molecule has 1 unspecified atom stereocenters. The molecule has 7 heavy (non-hydrogen) atoms. The highest BCUT2D eigenvalue weighted by Crippen LogP contribution is 2.16. The Labute approximate surface area is 43.5 Å². The van der Waals surface area contributed by atoms with Crippen LogP contribution in [0.15, 0.2) is 0 Å². The molecule has 2 heteroatoms. The van der Waals surface area contributed by atoms with E-state index >= 15 is 0 Å². The molecule has 1 N–H and O–H groups in total. The summed E-state index contributed by atoms with van der Waals surface area (Å²) in [6.07, 6.45) is 2.27. The standard InChI is InChI=1S/C5H10NO/c7-4-5-2-1-3-6-5/h5,7H,1-4H2/q-1. The summed E-state index contributed by atoms with van der Waals surface area (Å²) in [5.41, 5.74) is 0. The zero-order valence-electron chi connectivity index (χ0n) is 4.30. The van der Waals surface area contributed by atoms with Gasteiger partial charge in [-0.2, -0.15) is 0 Å². The van der Waals surface area contributed by atoms with E-state index in [0.29, 0.717) is 0 Å². The van der Waals surface area contributed by atoms with Crippen molar-refractivity contribution in [3.63, 3.8) is 0 Å². The van der Waals surface area contributed by atoms with Gasteiger partial charge in [0.1, 0.15) is 0 Å². The predicted octanol–water partition coefficient (Wildman–Crippen LogP) is 0.515. The predicted molar refractivity (Wildman–Crippen MR) is 28.3 cm³/mol. The van der Waals surface area contributed by atoms with E-state index in [4.69, 9.17) is 5.11 Å². The van der Waals surface area contributed by atoms with E-state index in [0.717, 1.165) is 13.0 Å². The first-order valence-electron chi connectivity index (χ1n) is 2.71. The Morgan fingerprint density at radius 1 is 1.71 bits per heavy atom. The van der Waals surface area contributed by atoms with E-state index in [1.165, 1.54) is 6.42 Å². The Morgan fingerprint density at radius 2 is 2.57 bits per heavy atom. The molecule has 1 aliphatic rings.